The van der Waals surface area contributed by atoms with Crippen LogP contribution < -0.4 is 0 Å². The fourth-order valence-electron chi connectivity index (χ4n) is 0.582. The van der Waals surface area contributed by atoms with Gasteiger partial charge in [0.1, 0.15) is 0 Å². The highest BCUT2D eigenvalue weighted by molar-refractivity contribution is 4.94. The van der Waals surface area contributed by atoms with Crippen molar-refractivity contribution < 1.29 is 4.92 Å². The zero-order valence-electron chi connectivity index (χ0n) is 5.76. The minimum absolute atomic E-state index is 0.400. The second-order valence-electron chi connectivity index (χ2n) is 1.78. The molecular formula is C6H11NO2. The summed E-state index contributed by atoms with van der Waals surface area (Å²) < 4.78 is 0. The summed E-state index contributed by atoms with van der Waals surface area (Å²) in [6.45, 7) is 3.83. The van der Waals surface area contributed by atoms with E-state index in [4.69, 9.17) is 0 Å². The minimum atomic E-state index is -0.400. The van der Waals surface area contributed by atoms with E-state index < -0.39 is 4.92 Å². The lowest BCUT2D eigenvalue weighted by atomic mass is 10.2. The number of hydrogen-bond acceptors (Lipinski definition) is 2. The molecule has 0 atom stereocenters. The zero-order valence-corrected chi connectivity index (χ0v) is 5.76. The van der Waals surface area contributed by atoms with Crippen LogP contribution in [0.1, 0.15) is 26.7 Å². The van der Waals surface area contributed by atoms with Crippen LogP contribution in [0.15, 0.2) is 11.8 Å². The molecule has 0 N–H and O–H groups in total. The van der Waals surface area contributed by atoms with E-state index in [0.717, 1.165) is 24.6 Å². The zero-order chi connectivity index (χ0) is 7.28. The van der Waals surface area contributed by atoms with Crippen LogP contribution in [0.3, 0.4) is 0 Å². The van der Waals surface area contributed by atoms with Crippen LogP contribution in [0.25, 0.3) is 0 Å². The van der Waals surface area contributed by atoms with Crippen LogP contribution >= 0.6 is 0 Å². The molecule has 0 aliphatic rings. The van der Waals surface area contributed by atoms with Gasteiger partial charge in [0, 0.05) is 0 Å². The summed E-state index contributed by atoms with van der Waals surface area (Å²) in [5.41, 5.74) is 0.889. The highest BCUT2D eigenvalue weighted by Gasteiger charge is 1.94. The van der Waals surface area contributed by atoms with Crippen molar-refractivity contribution in [1.29, 1.82) is 0 Å². The molecule has 0 amide bonds. The molecule has 9 heavy (non-hydrogen) atoms. The Balaban J connectivity index is 3.91. The monoisotopic (exact) mass is 129 g/mol. The van der Waals surface area contributed by atoms with Crippen LogP contribution in [0.4, 0.5) is 0 Å². The molecule has 0 saturated heterocycles. The average molecular weight is 129 g/mol. The SMILES string of the molecule is CCC(=C[N+](=O)[O-])CC. The summed E-state index contributed by atoms with van der Waals surface area (Å²) >= 11 is 0. The third kappa shape index (κ3) is 3.70. The molecule has 0 radical (unpaired) electrons. The van der Waals surface area contributed by atoms with E-state index in [0.29, 0.717) is 0 Å². The summed E-state index contributed by atoms with van der Waals surface area (Å²) in [7, 11) is 0. The lowest BCUT2D eigenvalue weighted by Gasteiger charge is -1.91. The van der Waals surface area contributed by atoms with Crippen LogP contribution in [0, 0.1) is 10.1 Å². The van der Waals surface area contributed by atoms with Gasteiger partial charge in [-0.1, -0.05) is 13.8 Å². The van der Waals surface area contributed by atoms with Gasteiger partial charge in [0.2, 0.25) is 6.20 Å². The molecule has 0 fully saturated rings. The summed E-state index contributed by atoms with van der Waals surface area (Å²) in [5.74, 6) is 0. The van der Waals surface area contributed by atoms with Crippen molar-refractivity contribution >= 4 is 0 Å². The molecule has 0 aromatic carbocycles. The normalized spacial score (nSPS) is 8.67. The predicted octanol–water partition coefficient (Wildman–Crippen LogP) is 1.97. The van der Waals surface area contributed by atoms with E-state index in [1.807, 2.05) is 13.8 Å². The molecule has 52 valence electrons. The van der Waals surface area contributed by atoms with E-state index in [2.05, 4.69) is 0 Å². The standard InChI is InChI=1S/C6H11NO2/c1-3-6(4-2)5-7(8)9/h5H,3-4H2,1-2H3. The first kappa shape index (κ1) is 8.14. The van der Waals surface area contributed by atoms with Gasteiger partial charge in [0.05, 0.1) is 4.92 Å². The Bertz CT molecular complexity index is 123. The van der Waals surface area contributed by atoms with Crippen molar-refractivity contribution in [2.24, 2.45) is 0 Å². The number of nitro groups is 1. The van der Waals surface area contributed by atoms with Gasteiger partial charge in [0.25, 0.3) is 0 Å². The smallest absolute Gasteiger partial charge is 0.233 e. The van der Waals surface area contributed by atoms with Crippen LogP contribution in [-0.2, 0) is 0 Å². The minimum Gasteiger partial charge on any atom is -0.259 e. The Morgan fingerprint density at radius 3 is 2.11 bits per heavy atom. The lowest BCUT2D eigenvalue weighted by molar-refractivity contribution is -0.403. The van der Waals surface area contributed by atoms with Gasteiger partial charge in [-0.25, -0.2) is 0 Å². The second kappa shape index (κ2) is 4.06. The van der Waals surface area contributed by atoms with Crippen molar-refractivity contribution in [2.45, 2.75) is 26.7 Å². The predicted molar refractivity (Wildman–Crippen MR) is 35.7 cm³/mol. The van der Waals surface area contributed by atoms with Gasteiger partial charge in [-0.2, -0.15) is 0 Å². The molecule has 0 unspecified atom stereocenters. The Labute approximate surface area is 54.5 Å². The highest BCUT2D eigenvalue weighted by Crippen LogP contribution is 2.03. The molecular weight excluding hydrogens is 118 g/mol. The molecule has 3 nitrogen and oxygen atoms in total. The average Bonchev–Trinajstić information content (AvgIpc) is 1.82. The first-order valence-corrected chi connectivity index (χ1v) is 3.03. The molecule has 0 aliphatic carbocycles. The molecule has 0 aromatic heterocycles. The maximum atomic E-state index is 9.86. The van der Waals surface area contributed by atoms with Crippen LogP contribution in [-0.4, -0.2) is 4.92 Å². The summed E-state index contributed by atoms with van der Waals surface area (Å²) in [5, 5.41) is 9.86. The Kier molecular flexibility index (Phi) is 3.67. The third-order valence-electron chi connectivity index (χ3n) is 1.20. The first-order valence-electron chi connectivity index (χ1n) is 3.03. The van der Waals surface area contributed by atoms with Gasteiger partial charge in [-0.15, -0.1) is 0 Å². The van der Waals surface area contributed by atoms with E-state index in [1.165, 1.54) is 0 Å². The number of allylic oxidation sites excluding steroid dienone is 1. The molecule has 0 rings (SSSR count). The molecule has 3 heteroatoms. The van der Waals surface area contributed by atoms with Gasteiger partial charge in [0.15, 0.2) is 0 Å². The molecule has 0 aliphatic heterocycles. The number of hydrogen-bond donors (Lipinski definition) is 0. The Morgan fingerprint density at radius 1 is 1.56 bits per heavy atom. The van der Waals surface area contributed by atoms with Crippen LogP contribution in [0.2, 0.25) is 0 Å². The van der Waals surface area contributed by atoms with Gasteiger partial charge in [-0.05, 0) is 18.4 Å². The highest BCUT2D eigenvalue weighted by atomic mass is 16.6. The van der Waals surface area contributed by atoms with Gasteiger partial charge >= 0.3 is 0 Å². The topological polar surface area (TPSA) is 43.1 Å². The van der Waals surface area contributed by atoms with E-state index in [1.54, 1.807) is 0 Å². The van der Waals surface area contributed by atoms with E-state index in [9.17, 15) is 10.1 Å². The molecule has 0 bridgehead atoms. The maximum Gasteiger partial charge on any atom is 0.233 e. The molecule has 0 spiro atoms. The van der Waals surface area contributed by atoms with Crippen LogP contribution in [0.5, 0.6) is 0 Å². The molecule has 0 heterocycles. The Hall–Kier alpha value is -0.860. The lowest BCUT2D eigenvalue weighted by Crippen LogP contribution is -1.87. The fourth-order valence-corrected chi connectivity index (χ4v) is 0.582. The summed E-state index contributed by atoms with van der Waals surface area (Å²) in [6.07, 6.45) is 2.63. The molecule has 0 aromatic rings. The fraction of sp³-hybridized carbons (Fsp3) is 0.667. The van der Waals surface area contributed by atoms with Crippen molar-refractivity contribution in [1.82, 2.24) is 0 Å². The van der Waals surface area contributed by atoms with Crippen molar-refractivity contribution in [3.63, 3.8) is 0 Å². The van der Waals surface area contributed by atoms with Crippen molar-refractivity contribution in [2.75, 3.05) is 0 Å². The summed E-state index contributed by atoms with van der Waals surface area (Å²) in [4.78, 5) is 9.46. The van der Waals surface area contributed by atoms with E-state index >= 15 is 0 Å². The number of nitrogens with zero attached hydrogens (tertiary/aromatic N) is 1. The maximum absolute atomic E-state index is 9.86. The molecule has 0 saturated carbocycles. The largest absolute Gasteiger partial charge is 0.259 e. The first-order chi connectivity index (χ1) is 4.20. The van der Waals surface area contributed by atoms with Gasteiger partial charge in [-0.3, -0.25) is 10.1 Å². The van der Waals surface area contributed by atoms with E-state index in [-0.39, 0.29) is 0 Å². The second-order valence-corrected chi connectivity index (χ2v) is 1.78. The summed E-state index contributed by atoms with van der Waals surface area (Å²) in [6, 6.07) is 0. The Morgan fingerprint density at radius 2 is 2.00 bits per heavy atom. The van der Waals surface area contributed by atoms with Gasteiger partial charge < -0.3 is 0 Å². The number of rotatable bonds is 3. The van der Waals surface area contributed by atoms with Crippen molar-refractivity contribution in [3.05, 3.63) is 21.9 Å². The van der Waals surface area contributed by atoms with Crippen molar-refractivity contribution in [3.8, 4) is 0 Å². The third-order valence-corrected chi connectivity index (χ3v) is 1.20. The quantitative estimate of drug-likeness (QED) is 0.432.